The Hall–Kier alpha value is -4.23. The lowest BCUT2D eigenvalue weighted by Crippen LogP contribution is -2.28. The maximum Gasteiger partial charge on any atom is 0.240 e. The van der Waals surface area contributed by atoms with Gasteiger partial charge in [0.05, 0.1) is 24.7 Å². The lowest BCUT2D eigenvalue weighted by Gasteiger charge is -2.11. The number of hydrogen-bond donors (Lipinski definition) is 2. The van der Waals surface area contributed by atoms with E-state index in [-0.39, 0.29) is 35.8 Å². The number of carbonyl (C=O) groups excluding carboxylic acids is 1. The minimum Gasteiger partial charge on any atom is -0.497 e. The summed E-state index contributed by atoms with van der Waals surface area (Å²) in [5.41, 5.74) is 1.64. The number of methoxy groups -OCH3 is 2. The zero-order chi connectivity index (χ0) is 27.3. The normalized spacial score (nSPS) is 11.5. The van der Waals surface area contributed by atoms with E-state index in [1.54, 1.807) is 70.5 Å². The van der Waals surface area contributed by atoms with E-state index in [0.29, 0.717) is 34.2 Å². The Labute approximate surface area is 220 Å². The first kappa shape index (κ1) is 26.8. The molecule has 1 amide bonds. The summed E-state index contributed by atoms with van der Waals surface area (Å²) < 4.78 is 45.7. The van der Waals surface area contributed by atoms with Crippen LogP contribution in [0, 0.1) is 5.92 Å². The molecule has 0 spiro atoms. The lowest BCUT2D eigenvalue weighted by atomic mass is 10.2. The zero-order valence-corrected chi connectivity index (χ0v) is 22.2. The molecule has 4 rings (SSSR count). The first-order chi connectivity index (χ1) is 18.2. The Balaban J connectivity index is 1.41. The number of carbonyl (C=O) groups is 1. The standard InChI is InChI=1S/C25H28N6O6S/c1-16(2)25(32)27-17-5-8-19(9-6-17)38(33,34)26-13-14-37-23-12-11-22-28-29-24(31(22)30-23)20-15-18(35-3)7-10-21(20)36-4/h5-12,15-16,26H,13-14H2,1-4H3,(H,27,32). The van der Waals surface area contributed by atoms with Gasteiger partial charge in [-0.2, -0.15) is 4.52 Å². The van der Waals surface area contributed by atoms with Crippen molar-refractivity contribution in [3.8, 4) is 28.8 Å². The van der Waals surface area contributed by atoms with E-state index in [1.807, 2.05) is 0 Å². The molecule has 200 valence electrons. The summed E-state index contributed by atoms with van der Waals surface area (Å²) in [6, 6.07) is 14.5. The molecule has 0 aliphatic heterocycles. The smallest absolute Gasteiger partial charge is 0.240 e. The number of fused-ring (bicyclic) bond motifs is 1. The van der Waals surface area contributed by atoms with E-state index in [4.69, 9.17) is 14.2 Å². The Morgan fingerprint density at radius 2 is 1.76 bits per heavy atom. The molecule has 2 heterocycles. The first-order valence-electron chi connectivity index (χ1n) is 11.7. The van der Waals surface area contributed by atoms with Gasteiger partial charge in [-0.25, -0.2) is 13.1 Å². The Kier molecular flexibility index (Phi) is 8.08. The number of ether oxygens (including phenoxy) is 3. The lowest BCUT2D eigenvalue weighted by molar-refractivity contribution is -0.118. The second-order valence-electron chi connectivity index (χ2n) is 8.45. The van der Waals surface area contributed by atoms with Crippen molar-refractivity contribution in [2.75, 3.05) is 32.7 Å². The third kappa shape index (κ3) is 6.01. The van der Waals surface area contributed by atoms with Crippen LogP contribution >= 0.6 is 0 Å². The summed E-state index contributed by atoms with van der Waals surface area (Å²) in [6.45, 7) is 3.58. The van der Waals surface area contributed by atoms with E-state index in [0.717, 1.165) is 0 Å². The largest absolute Gasteiger partial charge is 0.497 e. The van der Waals surface area contributed by atoms with Crippen LogP contribution in [0.5, 0.6) is 17.4 Å². The highest BCUT2D eigenvalue weighted by Crippen LogP contribution is 2.32. The molecule has 0 saturated heterocycles. The van der Waals surface area contributed by atoms with Crippen molar-refractivity contribution in [1.29, 1.82) is 0 Å². The SMILES string of the molecule is COc1ccc(OC)c(-c2nnc3ccc(OCCNS(=O)(=O)c4ccc(NC(=O)C(C)C)cc4)nn23)c1. The third-order valence-electron chi connectivity index (χ3n) is 5.49. The van der Waals surface area contributed by atoms with E-state index < -0.39 is 10.0 Å². The Bertz CT molecular complexity index is 1540. The number of aromatic nitrogens is 4. The van der Waals surface area contributed by atoms with Gasteiger partial charge in [-0.1, -0.05) is 13.8 Å². The highest BCUT2D eigenvalue weighted by molar-refractivity contribution is 7.89. The fourth-order valence-electron chi connectivity index (χ4n) is 3.42. The number of amides is 1. The molecule has 0 radical (unpaired) electrons. The van der Waals surface area contributed by atoms with E-state index in [9.17, 15) is 13.2 Å². The van der Waals surface area contributed by atoms with Gasteiger partial charge in [-0.15, -0.1) is 15.3 Å². The summed E-state index contributed by atoms with van der Waals surface area (Å²) in [7, 11) is -0.657. The third-order valence-corrected chi connectivity index (χ3v) is 6.96. The van der Waals surface area contributed by atoms with Gasteiger partial charge in [0.15, 0.2) is 11.5 Å². The molecule has 0 aliphatic rings. The molecule has 0 fully saturated rings. The molecule has 0 unspecified atom stereocenters. The van der Waals surface area contributed by atoms with Crippen molar-refractivity contribution < 1.29 is 27.4 Å². The van der Waals surface area contributed by atoms with Crippen molar-refractivity contribution in [3.63, 3.8) is 0 Å². The molecule has 4 aromatic rings. The van der Waals surface area contributed by atoms with E-state index >= 15 is 0 Å². The van der Waals surface area contributed by atoms with Crippen LogP contribution in [0.15, 0.2) is 59.5 Å². The summed E-state index contributed by atoms with van der Waals surface area (Å²) in [4.78, 5) is 11.9. The molecule has 12 nitrogen and oxygen atoms in total. The molecule has 0 aliphatic carbocycles. The topological polar surface area (TPSA) is 146 Å². The van der Waals surface area contributed by atoms with Crippen LogP contribution in [0.25, 0.3) is 17.0 Å². The van der Waals surface area contributed by atoms with Gasteiger partial charge >= 0.3 is 0 Å². The molecular formula is C25H28N6O6S. The van der Waals surface area contributed by atoms with Crippen LogP contribution in [0.2, 0.25) is 0 Å². The Morgan fingerprint density at radius 1 is 1.00 bits per heavy atom. The monoisotopic (exact) mass is 540 g/mol. The van der Waals surface area contributed by atoms with E-state index in [1.165, 1.54) is 16.6 Å². The second kappa shape index (κ2) is 11.4. The van der Waals surface area contributed by atoms with Gasteiger partial charge in [-0.05, 0) is 48.5 Å². The number of nitrogens with one attached hydrogen (secondary N) is 2. The van der Waals surface area contributed by atoms with Gasteiger partial charge in [0.1, 0.15) is 18.1 Å². The Morgan fingerprint density at radius 3 is 2.45 bits per heavy atom. The maximum atomic E-state index is 12.6. The number of nitrogens with zero attached hydrogens (tertiary/aromatic N) is 4. The van der Waals surface area contributed by atoms with Gasteiger partial charge in [0, 0.05) is 24.2 Å². The fourth-order valence-corrected chi connectivity index (χ4v) is 4.44. The quantitative estimate of drug-likeness (QED) is 0.274. The number of sulfonamides is 1. The van der Waals surface area contributed by atoms with Crippen LogP contribution < -0.4 is 24.2 Å². The minimum atomic E-state index is -3.77. The van der Waals surface area contributed by atoms with Gasteiger partial charge in [0.25, 0.3) is 0 Å². The number of rotatable bonds is 11. The van der Waals surface area contributed by atoms with Crippen molar-refractivity contribution in [1.82, 2.24) is 24.5 Å². The molecule has 2 N–H and O–H groups in total. The highest BCUT2D eigenvalue weighted by Gasteiger charge is 2.17. The average molecular weight is 541 g/mol. The average Bonchev–Trinajstić information content (AvgIpc) is 3.34. The summed E-state index contributed by atoms with van der Waals surface area (Å²) in [5, 5.41) is 15.5. The molecule has 13 heteroatoms. The van der Waals surface area contributed by atoms with Crippen molar-refractivity contribution >= 4 is 27.3 Å². The molecular weight excluding hydrogens is 512 g/mol. The number of hydrogen-bond acceptors (Lipinski definition) is 9. The fraction of sp³-hybridized carbons (Fsp3) is 0.280. The molecule has 38 heavy (non-hydrogen) atoms. The van der Waals surface area contributed by atoms with Crippen molar-refractivity contribution in [2.24, 2.45) is 5.92 Å². The van der Waals surface area contributed by atoms with Gasteiger partial charge in [-0.3, -0.25) is 4.79 Å². The first-order valence-corrected chi connectivity index (χ1v) is 13.2. The minimum absolute atomic E-state index is 0.00658. The molecule has 2 aromatic heterocycles. The van der Waals surface area contributed by atoms with Crippen LogP contribution in [-0.4, -0.2) is 61.5 Å². The predicted molar refractivity (Wildman–Crippen MR) is 140 cm³/mol. The highest BCUT2D eigenvalue weighted by atomic mass is 32.2. The second-order valence-corrected chi connectivity index (χ2v) is 10.2. The number of anilines is 1. The van der Waals surface area contributed by atoms with Crippen LogP contribution in [0.4, 0.5) is 5.69 Å². The van der Waals surface area contributed by atoms with E-state index in [2.05, 4.69) is 25.3 Å². The molecule has 2 aromatic carbocycles. The maximum absolute atomic E-state index is 12.6. The van der Waals surface area contributed by atoms with Crippen molar-refractivity contribution in [3.05, 3.63) is 54.6 Å². The zero-order valence-electron chi connectivity index (χ0n) is 21.3. The summed E-state index contributed by atoms with van der Waals surface area (Å²) >= 11 is 0. The van der Waals surface area contributed by atoms with Crippen LogP contribution in [0.3, 0.4) is 0 Å². The summed E-state index contributed by atoms with van der Waals surface area (Å²) in [5.74, 6) is 1.53. The van der Waals surface area contributed by atoms with Crippen LogP contribution in [-0.2, 0) is 14.8 Å². The molecule has 0 saturated carbocycles. The summed E-state index contributed by atoms with van der Waals surface area (Å²) in [6.07, 6.45) is 0. The van der Waals surface area contributed by atoms with Crippen molar-refractivity contribution in [2.45, 2.75) is 18.7 Å². The molecule has 0 bridgehead atoms. The van der Waals surface area contributed by atoms with Gasteiger partial charge < -0.3 is 19.5 Å². The predicted octanol–water partition coefficient (Wildman–Crippen LogP) is 2.76. The number of benzene rings is 2. The molecule has 0 atom stereocenters. The van der Waals surface area contributed by atoms with Gasteiger partial charge in [0.2, 0.25) is 21.8 Å². The van der Waals surface area contributed by atoms with Crippen LogP contribution in [0.1, 0.15) is 13.8 Å².